The number of carboxylic acid groups (broad SMARTS) is 3. The normalized spacial score (nSPS) is 27.6. The minimum atomic E-state index is -1.22. The zero-order valence-electron chi connectivity index (χ0n) is 17.1. The van der Waals surface area contributed by atoms with Crippen LogP contribution in [-0.4, -0.2) is 62.5 Å². The highest BCUT2D eigenvalue weighted by Crippen LogP contribution is 2.63. The van der Waals surface area contributed by atoms with Crippen molar-refractivity contribution in [3.63, 3.8) is 0 Å². The number of rotatable bonds is 10. The number of aliphatic carboxylic acids is 3. The highest BCUT2D eigenvalue weighted by atomic mass is 32.2. The Morgan fingerprint density at radius 1 is 1.20 bits per heavy atom. The first-order chi connectivity index (χ1) is 13.8. The summed E-state index contributed by atoms with van der Waals surface area (Å²) in [6.45, 7) is 5.14. The topological polar surface area (TPSA) is 158 Å². The second-order valence-corrected chi connectivity index (χ2v) is 9.83. The van der Waals surface area contributed by atoms with Gasteiger partial charge in [-0.05, 0) is 24.2 Å². The lowest BCUT2D eigenvalue weighted by atomic mass is 9.66. The van der Waals surface area contributed by atoms with Gasteiger partial charge in [0.25, 0.3) is 0 Å². The van der Waals surface area contributed by atoms with E-state index in [1.165, 1.54) is 6.92 Å². The maximum Gasteiger partial charge on any atom is 0.331 e. The number of nitrogens with one attached hydrogen (secondary N) is 1. The lowest BCUT2D eigenvalue weighted by Crippen LogP contribution is -2.43. The number of thioether (sulfide) groups is 1. The molecule has 4 N–H and O–H groups in total. The molecule has 0 aromatic heterocycles. The average molecular weight is 442 g/mol. The third-order valence-corrected chi connectivity index (χ3v) is 6.96. The number of carbonyl (C=O) groups excluding carboxylic acids is 2. The van der Waals surface area contributed by atoms with Crippen molar-refractivity contribution in [3.8, 4) is 0 Å². The first-order valence-corrected chi connectivity index (χ1v) is 10.7. The van der Waals surface area contributed by atoms with Crippen LogP contribution in [0.25, 0.3) is 0 Å². The molecular weight excluding hydrogens is 414 g/mol. The molecule has 30 heavy (non-hydrogen) atoms. The Morgan fingerprint density at radius 3 is 2.33 bits per heavy atom. The predicted molar refractivity (Wildman–Crippen MR) is 108 cm³/mol. The summed E-state index contributed by atoms with van der Waals surface area (Å²) in [6, 6.07) is -1.15. The standard InChI is InChI=1S/C20H27NO8S/c1-10(22)21-14(18(28)29)7-30-8-15(23)20-9-19(2,3)6-11(20)4-12(17(26)27)13(20)5-16(24)25/h4,11,13-14H,5-9H2,1-3H3,(H,21,22)(H,24,25)(H,26,27)(H,28,29). The Kier molecular flexibility index (Phi) is 7.01. The van der Waals surface area contributed by atoms with Crippen LogP contribution >= 0.6 is 11.8 Å². The van der Waals surface area contributed by atoms with E-state index < -0.39 is 47.6 Å². The van der Waals surface area contributed by atoms with Gasteiger partial charge in [-0.2, -0.15) is 11.8 Å². The zero-order valence-corrected chi connectivity index (χ0v) is 18.0. The van der Waals surface area contributed by atoms with Gasteiger partial charge in [0.2, 0.25) is 5.91 Å². The predicted octanol–water partition coefficient (Wildman–Crippen LogP) is 1.42. The molecule has 2 aliphatic rings. The number of allylic oxidation sites excluding steroid dienone is 1. The highest BCUT2D eigenvalue weighted by Gasteiger charge is 2.62. The molecule has 10 heteroatoms. The van der Waals surface area contributed by atoms with Crippen molar-refractivity contribution in [1.29, 1.82) is 0 Å². The van der Waals surface area contributed by atoms with Crippen LogP contribution in [-0.2, 0) is 24.0 Å². The quantitative estimate of drug-likeness (QED) is 0.393. The van der Waals surface area contributed by atoms with Gasteiger partial charge in [-0.25, -0.2) is 9.59 Å². The number of ketones is 1. The monoisotopic (exact) mass is 441 g/mol. The number of hydrogen-bond acceptors (Lipinski definition) is 6. The fourth-order valence-corrected chi connectivity index (χ4v) is 6.02. The number of Topliss-reactive ketones (excluding diaryl/α,β-unsaturated/α-hetero) is 1. The van der Waals surface area contributed by atoms with Gasteiger partial charge in [-0.1, -0.05) is 19.9 Å². The molecule has 1 amide bonds. The third-order valence-electron chi connectivity index (χ3n) is 5.92. The Morgan fingerprint density at radius 2 is 1.83 bits per heavy atom. The Bertz CT molecular complexity index is 805. The molecule has 0 heterocycles. The van der Waals surface area contributed by atoms with Gasteiger partial charge >= 0.3 is 17.9 Å². The molecule has 0 aromatic rings. The lowest BCUT2D eigenvalue weighted by Gasteiger charge is -2.36. The second-order valence-electron chi connectivity index (χ2n) is 8.80. The van der Waals surface area contributed by atoms with E-state index in [4.69, 9.17) is 0 Å². The molecule has 166 valence electrons. The van der Waals surface area contributed by atoms with Gasteiger partial charge < -0.3 is 20.6 Å². The molecule has 0 aromatic carbocycles. The maximum absolute atomic E-state index is 13.4. The molecule has 2 rings (SSSR count). The fraction of sp³-hybridized carbons (Fsp3) is 0.650. The van der Waals surface area contributed by atoms with Gasteiger partial charge in [-0.15, -0.1) is 0 Å². The van der Waals surface area contributed by atoms with Gasteiger partial charge in [0.15, 0.2) is 0 Å². The number of carbonyl (C=O) groups is 5. The zero-order chi connectivity index (χ0) is 22.9. The molecule has 9 nitrogen and oxygen atoms in total. The van der Waals surface area contributed by atoms with E-state index in [9.17, 15) is 39.3 Å². The minimum Gasteiger partial charge on any atom is -0.481 e. The highest BCUT2D eigenvalue weighted by molar-refractivity contribution is 8.00. The van der Waals surface area contributed by atoms with Crippen molar-refractivity contribution in [2.45, 2.75) is 46.1 Å². The van der Waals surface area contributed by atoms with Crippen LogP contribution in [0.15, 0.2) is 11.6 Å². The van der Waals surface area contributed by atoms with E-state index >= 15 is 0 Å². The first kappa shape index (κ1) is 23.9. The summed E-state index contributed by atoms with van der Waals surface area (Å²) in [4.78, 5) is 59.1. The summed E-state index contributed by atoms with van der Waals surface area (Å²) in [5.41, 5.74) is -1.42. The van der Waals surface area contributed by atoms with Gasteiger partial charge in [-0.3, -0.25) is 14.4 Å². The number of fused-ring (bicyclic) bond motifs is 1. The summed E-state index contributed by atoms with van der Waals surface area (Å²) >= 11 is 1.04. The van der Waals surface area contributed by atoms with E-state index in [2.05, 4.69) is 5.32 Å². The fourth-order valence-electron chi connectivity index (χ4n) is 4.98. The van der Waals surface area contributed by atoms with Gasteiger partial charge in [0.05, 0.1) is 12.2 Å². The molecule has 0 saturated heterocycles. The molecule has 1 fully saturated rings. The van der Waals surface area contributed by atoms with Crippen LogP contribution in [0, 0.1) is 22.7 Å². The smallest absolute Gasteiger partial charge is 0.331 e. The number of amides is 1. The van der Waals surface area contributed by atoms with Crippen LogP contribution < -0.4 is 5.32 Å². The van der Waals surface area contributed by atoms with Gasteiger partial charge in [0, 0.05) is 29.6 Å². The molecule has 4 unspecified atom stereocenters. The SMILES string of the molecule is CC(=O)NC(CSCC(=O)C12CC(C)(C)CC1C=C(C(=O)O)C2CC(=O)O)C(=O)O. The third kappa shape index (κ3) is 4.85. The van der Waals surface area contributed by atoms with E-state index in [0.717, 1.165) is 11.8 Å². The second kappa shape index (κ2) is 8.79. The summed E-state index contributed by atoms with van der Waals surface area (Å²) in [5.74, 6) is -5.81. The summed E-state index contributed by atoms with van der Waals surface area (Å²) in [6.07, 6.45) is 2.03. The maximum atomic E-state index is 13.4. The van der Waals surface area contributed by atoms with Crippen LogP contribution in [0.3, 0.4) is 0 Å². The first-order valence-electron chi connectivity index (χ1n) is 9.58. The molecule has 0 aliphatic heterocycles. The average Bonchev–Trinajstić information content (AvgIpc) is 3.02. The van der Waals surface area contributed by atoms with Crippen LogP contribution in [0.1, 0.15) is 40.0 Å². The van der Waals surface area contributed by atoms with Crippen LogP contribution in [0.5, 0.6) is 0 Å². The van der Waals surface area contributed by atoms with Crippen molar-refractivity contribution in [2.24, 2.45) is 22.7 Å². The van der Waals surface area contributed by atoms with E-state index in [1.807, 2.05) is 13.8 Å². The van der Waals surface area contributed by atoms with E-state index in [0.29, 0.717) is 12.8 Å². The Balaban J connectivity index is 2.26. The Labute approximate surface area is 178 Å². The van der Waals surface area contributed by atoms with Crippen LogP contribution in [0.2, 0.25) is 0 Å². The summed E-state index contributed by atoms with van der Waals surface area (Å²) in [5, 5.41) is 30.5. The number of hydrogen-bond donors (Lipinski definition) is 4. The van der Waals surface area contributed by atoms with Gasteiger partial charge in [0.1, 0.15) is 11.8 Å². The summed E-state index contributed by atoms with van der Waals surface area (Å²) in [7, 11) is 0. The lowest BCUT2D eigenvalue weighted by molar-refractivity contribution is -0.142. The van der Waals surface area contributed by atoms with Crippen molar-refractivity contribution < 1.29 is 39.3 Å². The van der Waals surface area contributed by atoms with Crippen molar-refractivity contribution in [3.05, 3.63) is 11.6 Å². The van der Waals surface area contributed by atoms with Crippen molar-refractivity contribution in [1.82, 2.24) is 5.32 Å². The molecular formula is C20H27NO8S. The summed E-state index contributed by atoms with van der Waals surface area (Å²) < 4.78 is 0. The number of carboxylic acids is 3. The van der Waals surface area contributed by atoms with Crippen molar-refractivity contribution in [2.75, 3.05) is 11.5 Å². The Hall–Kier alpha value is -2.36. The minimum absolute atomic E-state index is 0.0297. The molecule has 1 saturated carbocycles. The van der Waals surface area contributed by atoms with E-state index in [1.54, 1.807) is 6.08 Å². The van der Waals surface area contributed by atoms with Crippen molar-refractivity contribution >= 4 is 41.4 Å². The van der Waals surface area contributed by atoms with Crippen LogP contribution in [0.4, 0.5) is 0 Å². The van der Waals surface area contributed by atoms with E-state index in [-0.39, 0.29) is 34.2 Å². The molecule has 2 aliphatic carbocycles. The molecule has 0 radical (unpaired) electrons. The molecule has 0 bridgehead atoms. The molecule has 4 atom stereocenters. The largest absolute Gasteiger partial charge is 0.481 e. The molecule has 0 spiro atoms.